The summed E-state index contributed by atoms with van der Waals surface area (Å²) >= 11 is 16.8. The Bertz CT molecular complexity index is 707. The number of ether oxygens (including phenoxy) is 1. The molecule has 0 amide bonds. The number of benzene rings is 2. The van der Waals surface area contributed by atoms with Crippen molar-refractivity contribution in [3.63, 3.8) is 0 Å². The Balaban J connectivity index is 2.14. The van der Waals surface area contributed by atoms with Gasteiger partial charge in [0.25, 0.3) is 0 Å². The summed E-state index contributed by atoms with van der Waals surface area (Å²) in [4.78, 5) is 0. The fraction of sp³-hybridized carbons (Fsp3) is 0.0667. The first kappa shape index (κ1) is 16.5. The van der Waals surface area contributed by atoms with E-state index in [1.54, 1.807) is 18.2 Å². The Hall–Kier alpha value is -1.82. The normalized spacial score (nSPS) is 10.6. The van der Waals surface area contributed by atoms with E-state index in [9.17, 15) is 0 Å². The quantitative estimate of drug-likeness (QED) is 0.488. The van der Waals surface area contributed by atoms with E-state index in [4.69, 9.17) is 33.7 Å². The molecule has 0 spiro atoms. The summed E-state index contributed by atoms with van der Waals surface area (Å²) in [5, 5.41) is 5.22. The van der Waals surface area contributed by atoms with Gasteiger partial charge in [0.15, 0.2) is 5.11 Å². The van der Waals surface area contributed by atoms with Crippen molar-refractivity contribution in [2.24, 2.45) is 10.8 Å². The van der Waals surface area contributed by atoms with E-state index >= 15 is 0 Å². The molecule has 7 heteroatoms. The molecule has 0 atom stereocenters. The highest BCUT2D eigenvalue weighted by Gasteiger charge is 2.05. The zero-order valence-corrected chi connectivity index (χ0v) is 13.8. The minimum atomic E-state index is 0.0804. The van der Waals surface area contributed by atoms with Crippen LogP contribution >= 0.6 is 35.4 Å². The number of nitrogens with zero attached hydrogens (tertiary/aromatic N) is 1. The lowest BCUT2D eigenvalue weighted by Crippen LogP contribution is -2.24. The summed E-state index contributed by atoms with van der Waals surface area (Å²) in [6, 6.07) is 12.7. The molecule has 0 radical (unpaired) electrons. The molecule has 0 unspecified atom stereocenters. The van der Waals surface area contributed by atoms with Crippen molar-refractivity contribution in [1.29, 1.82) is 0 Å². The van der Waals surface area contributed by atoms with E-state index in [1.165, 1.54) is 6.21 Å². The molecule has 4 nitrogen and oxygen atoms in total. The van der Waals surface area contributed by atoms with Gasteiger partial charge in [0, 0.05) is 21.2 Å². The van der Waals surface area contributed by atoms with Gasteiger partial charge < -0.3 is 10.5 Å². The van der Waals surface area contributed by atoms with Crippen LogP contribution in [0.1, 0.15) is 11.1 Å². The Labute approximate surface area is 143 Å². The summed E-state index contributed by atoms with van der Waals surface area (Å²) in [5.74, 6) is 0.623. The van der Waals surface area contributed by atoms with Crippen LogP contribution in [0.4, 0.5) is 0 Å². The smallest absolute Gasteiger partial charge is 0.184 e. The maximum atomic E-state index is 6.11. The molecule has 0 aliphatic rings. The lowest BCUT2D eigenvalue weighted by molar-refractivity contribution is 0.306. The average molecular weight is 354 g/mol. The van der Waals surface area contributed by atoms with Crippen molar-refractivity contribution in [2.75, 3.05) is 0 Å². The van der Waals surface area contributed by atoms with Gasteiger partial charge in [0.1, 0.15) is 12.4 Å². The summed E-state index contributed by atoms with van der Waals surface area (Å²) in [7, 11) is 0. The molecule has 2 aromatic rings. The number of nitrogens with one attached hydrogen (secondary N) is 1. The van der Waals surface area contributed by atoms with Crippen LogP contribution in [0.2, 0.25) is 10.0 Å². The first-order valence-electron chi connectivity index (χ1n) is 6.30. The molecule has 0 aromatic heterocycles. The number of hydrogen-bond donors (Lipinski definition) is 2. The van der Waals surface area contributed by atoms with Gasteiger partial charge in [-0.1, -0.05) is 41.4 Å². The summed E-state index contributed by atoms with van der Waals surface area (Å²) < 4.78 is 5.79. The zero-order valence-electron chi connectivity index (χ0n) is 11.4. The topological polar surface area (TPSA) is 59.6 Å². The van der Waals surface area contributed by atoms with E-state index in [2.05, 4.69) is 22.7 Å². The summed E-state index contributed by atoms with van der Waals surface area (Å²) in [5.41, 5.74) is 9.38. The molecule has 0 saturated carbocycles. The van der Waals surface area contributed by atoms with Crippen molar-refractivity contribution < 1.29 is 4.74 Å². The van der Waals surface area contributed by atoms with Crippen molar-refractivity contribution >= 4 is 46.7 Å². The first-order valence-corrected chi connectivity index (χ1v) is 7.47. The first-order chi connectivity index (χ1) is 10.6. The van der Waals surface area contributed by atoms with Gasteiger partial charge in [-0.2, -0.15) is 5.10 Å². The van der Waals surface area contributed by atoms with Crippen LogP contribution < -0.4 is 15.9 Å². The summed E-state index contributed by atoms with van der Waals surface area (Å²) in [6.45, 7) is 0.338. The van der Waals surface area contributed by atoms with Crippen LogP contribution in [-0.4, -0.2) is 11.3 Å². The lowest BCUT2D eigenvalue weighted by Gasteiger charge is -2.10. The van der Waals surface area contributed by atoms with Gasteiger partial charge in [-0.3, -0.25) is 5.43 Å². The molecular weight excluding hydrogens is 341 g/mol. The second kappa shape index (κ2) is 7.98. The molecule has 0 saturated heterocycles. The minimum absolute atomic E-state index is 0.0804. The second-order valence-corrected chi connectivity index (χ2v) is 5.58. The van der Waals surface area contributed by atoms with Crippen LogP contribution in [0.3, 0.4) is 0 Å². The monoisotopic (exact) mass is 353 g/mol. The molecular formula is C15H13Cl2N3OS. The van der Waals surface area contributed by atoms with Crippen molar-refractivity contribution in [2.45, 2.75) is 6.61 Å². The van der Waals surface area contributed by atoms with Gasteiger partial charge in [-0.25, -0.2) is 0 Å². The van der Waals surface area contributed by atoms with Gasteiger partial charge in [-0.05, 0) is 36.5 Å². The highest BCUT2D eigenvalue weighted by molar-refractivity contribution is 7.80. The van der Waals surface area contributed by atoms with E-state index in [0.717, 1.165) is 5.56 Å². The van der Waals surface area contributed by atoms with E-state index < -0.39 is 0 Å². The standard InChI is InChI=1S/C15H13Cl2N3OS/c16-12-5-6-14(11(7-12)8-19-20-15(18)22)21-9-10-3-1-2-4-13(10)17/h1-8H,9H2,(H3,18,20,22). The van der Waals surface area contributed by atoms with Crippen LogP contribution in [-0.2, 0) is 6.61 Å². The van der Waals surface area contributed by atoms with Crippen LogP contribution in [0, 0.1) is 0 Å². The average Bonchev–Trinajstić information content (AvgIpc) is 2.47. The maximum Gasteiger partial charge on any atom is 0.184 e. The van der Waals surface area contributed by atoms with Gasteiger partial charge in [0.2, 0.25) is 0 Å². The van der Waals surface area contributed by atoms with E-state index in [0.29, 0.717) is 28.0 Å². The highest BCUT2D eigenvalue weighted by atomic mass is 35.5. The molecule has 0 aliphatic heterocycles. The third-order valence-electron chi connectivity index (χ3n) is 2.69. The number of rotatable bonds is 5. The Morgan fingerprint density at radius 1 is 1.27 bits per heavy atom. The fourth-order valence-corrected chi connectivity index (χ4v) is 2.11. The lowest BCUT2D eigenvalue weighted by atomic mass is 10.2. The van der Waals surface area contributed by atoms with Crippen molar-refractivity contribution in [3.05, 3.63) is 63.6 Å². The molecule has 2 aromatic carbocycles. The molecule has 0 aliphatic carbocycles. The van der Waals surface area contributed by atoms with Crippen molar-refractivity contribution in [3.8, 4) is 5.75 Å². The Kier molecular flexibility index (Phi) is 6.00. The number of thiocarbonyl (C=S) groups is 1. The van der Waals surface area contributed by atoms with E-state index in [1.807, 2.05) is 24.3 Å². The minimum Gasteiger partial charge on any atom is -0.488 e. The van der Waals surface area contributed by atoms with Gasteiger partial charge in [-0.15, -0.1) is 0 Å². The maximum absolute atomic E-state index is 6.11. The molecule has 2 rings (SSSR count). The van der Waals surface area contributed by atoms with Gasteiger partial charge in [0.05, 0.1) is 6.21 Å². The number of hydrogen-bond acceptors (Lipinski definition) is 3. The summed E-state index contributed by atoms with van der Waals surface area (Å²) in [6.07, 6.45) is 1.53. The van der Waals surface area contributed by atoms with Gasteiger partial charge >= 0.3 is 0 Å². The van der Waals surface area contributed by atoms with Crippen LogP contribution in [0.5, 0.6) is 5.75 Å². The molecule has 0 bridgehead atoms. The predicted molar refractivity (Wildman–Crippen MR) is 94.8 cm³/mol. The predicted octanol–water partition coefficient (Wildman–Crippen LogP) is 3.74. The zero-order chi connectivity index (χ0) is 15.9. The number of hydrazone groups is 1. The molecule has 114 valence electrons. The third-order valence-corrected chi connectivity index (χ3v) is 3.39. The molecule has 0 fully saturated rings. The Morgan fingerprint density at radius 2 is 2.05 bits per heavy atom. The van der Waals surface area contributed by atoms with Crippen LogP contribution in [0.25, 0.3) is 0 Å². The third kappa shape index (κ3) is 4.87. The second-order valence-electron chi connectivity index (χ2n) is 4.30. The molecule has 22 heavy (non-hydrogen) atoms. The fourth-order valence-electron chi connectivity index (χ4n) is 1.69. The SMILES string of the molecule is NC(=S)NN=Cc1cc(Cl)ccc1OCc1ccccc1Cl. The number of halogens is 2. The molecule has 3 N–H and O–H groups in total. The number of nitrogens with two attached hydrogens (primary N) is 1. The Morgan fingerprint density at radius 3 is 2.77 bits per heavy atom. The van der Waals surface area contributed by atoms with Crippen molar-refractivity contribution in [1.82, 2.24) is 5.43 Å². The largest absolute Gasteiger partial charge is 0.488 e. The van der Waals surface area contributed by atoms with Crippen LogP contribution in [0.15, 0.2) is 47.6 Å². The molecule has 0 heterocycles. The van der Waals surface area contributed by atoms with E-state index in [-0.39, 0.29) is 5.11 Å². The highest BCUT2D eigenvalue weighted by Crippen LogP contribution is 2.24.